The number of rotatable bonds is 6. The molecule has 2 N–H and O–H groups in total. The van der Waals surface area contributed by atoms with E-state index in [1.165, 1.54) is 22.8 Å². The highest BCUT2D eigenvalue weighted by molar-refractivity contribution is 7.89. The monoisotopic (exact) mass is 313 g/mol. The van der Waals surface area contributed by atoms with E-state index in [-0.39, 0.29) is 17.4 Å². The van der Waals surface area contributed by atoms with Crippen LogP contribution in [0.15, 0.2) is 29.4 Å². The predicted octanol–water partition coefficient (Wildman–Crippen LogP) is 0.157. The molecule has 1 aromatic rings. The van der Waals surface area contributed by atoms with Crippen molar-refractivity contribution in [1.82, 2.24) is 14.6 Å². The zero-order valence-corrected chi connectivity index (χ0v) is 12.4. The summed E-state index contributed by atoms with van der Waals surface area (Å²) in [5.41, 5.74) is 0. The number of hydrogen-bond donors (Lipinski definition) is 2. The van der Waals surface area contributed by atoms with Crippen LogP contribution in [-0.4, -0.2) is 55.0 Å². The number of sulfonamides is 1. The second-order valence-electron chi connectivity index (χ2n) is 5.08. The molecule has 0 aromatic carbocycles. The molecule has 0 radical (unpaired) electrons. The zero-order chi connectivity index (χ0) is 15.3. The quantitative estimate of drug-likeness (QED) is 0.776. The van der Waals surface area contributed by atoms with Crippen molar-refractivity contribution in [1.29, 1.82) is 0 Å². The van der Waals surface area contributed by atoms with Crippen LogP contribution in [-0.2, 0) is 14.8 Å². The van der Waals surface area contributed by atoms with Crippen LogP contribution < -0.4 is 5.32 Å². The molecular formula is C13H19N3O4S. The van der Waals surface area contributed by atoms with Gasteiger partial charge in [-0.05, 0) is 37.4 Å². The molecule has 1 atom stereocenters. The maximum Gasteiger partial charge on any atom is 0.317 e. The van der Waals surface area contributed by atoms with Gasteiger partial charge < -0.3 is 10.4 Å². The van der Waals surface area contributed by atoms with E-state index in [1.807, 2.05) is 0 Å². The normalized spacial score (nSPS) is 20.3. The predicted molar refractivity (Wildman–Crippen MR) is 76.2 cm³/mol. The highest BCUT2D eigenvalue weighted by Gasteiger charge is 2.30. The fourth-order valence-corrected chi connectivity index (χ4v) is 3.96. The van der Waals surface area contributed by atoms with Crippen molar-refractivity contribution in [2.75, 3.05) is 26.2 Å². The molecule has 0 amide bonds. The van der Waals surface area contributed by atoms with Crippen molar-refractivity contribution >= 4 is 16.0 Å². The van der Waals surface area contributed by atoms with E-state index in [2.05, 4.69) is 10.3 Å². The lowest BCUT2D eigenvalue weighted by molar-refractivity contribution is -0.136. The van der Waals surface area contributed by atoms with Crippen molar-refractivity contribution in [2.45, 2.75) is 17.7 Å². The largest absolute Gasteiger partial charge is 0.480 e. The van der Waals surface area contributed by atoms with Crippen molar-refractivity contribution in [3.05, 3.63) is 24.5 Å². The molecule has 21 heavy (non-hydrogen) atoms. The Morgan fingerprint density at radius 2 is 2.33 bits per heavy atom. The van der Waals surface area contributed by atoms with Gasteiger partial charge in [0.05, 0.1) is 6.54 Å². The molecule has 0 spiro atoms. The van der Waals surface area contributed by atoms with Gasteiger partial charge in [-0.2, -0.15) is 4.31 Å². The van der Waals surface area contributed by atoms with Crippen molar-refractivity contribution < 1.29 is 18.3 Å². The third-order valence-corrected chi connectivity index (χ3v) is 5.31. The number of hydrogen-bond acceptors (Lipinski definition) is 5. The molecule has 1 aromatic heterocycles. The molecule has 1 saturated heterocycles. The molecule has 0 aliphatic carbocycles. The van der Waals surface area contributed by atoms with Gasteiger partial charge in [0.1, 0.15) is 4.90 Å². The van der Waals surface area contributed by atoms with Crippen LogP contribution in [0.2, 0.25) is 0 Å². The van der Waals surface area contributed by atoms with Crippen LogP contribution in [0.5, 0.6) is 0 Å². The fraction of sp³-hybridized carbons (Fsp3) is 0.538. The summed E-state index contributed by atoms with van der Waals surface area (Å²) >= 11 is 0. The third-order valence-electron chi connectivity index (χ3n) is 3.46. The molecule has 116 valence electrons. The maximum absolute atomic E-state index is 12.5. The van der Waals surface area contributed by atoms with Gasteiger partial charge in [-0.15, -0.1) is 0 Å². The Morgan fingerprint density at radius 1 is 1.52 bits per heavy atom. The lowest BCUT2D eigenvalue weighted by Crippen LogP contribution is -2.43. The Morgan fingerprint density at radius 3 is 3.00 bits per heavy atom. The highest BCUT2D eigenvalue weighted by Crippen LogP contribution is 2.22. The number of carboxylic acids is 1. The standard InChI is InChI=1S/C13H19N3O4S/c17-13(18)9-15-7-11-3-2-6-16(10-11)21(19,20)12-4-1-5-14-8-12/h1,4-5,8,11,15H,2-3,6-7,9-10H2,(H,17,18). The summed E-state index contributed by atoms with van der Waals surface area (Å²) in [7, 11) is -3.51. The van der Waals surface area contributed by atoms with Crippen LogP contribution >= 0.6 is 0 Å². The molecule has 1 aliphatic heterocycles. The number of carboxylic acid groups (broad SMARTS) is 1. The Labute approximate surface area is 124 Å². The molecule has 1 unspecified atom stereocenters. The molecule has 2 rings (SSSR count). The number of aromatic nitrogens is 1. The van der Waals surface area contributed by atoms with E-state index in [1.54, 1.807) is 6.07 Å². The maximum atomic E-state index is 12.5. The molecule has 1 fully saturated rings. The summed E-state index contributed by atoms with van der Waals surface area (Å²) in [6, 6.07) is 3.14. The van der Waals surface area contributed by atoms with Gasteiger partial charge in [0.2, 0.25) is 10.0 Å². The van der Waals surface area contributed by atoms with Gasteiger partial charge in [0.25, 0.3) is 0 Å². The van der Waals surface area contributed by atoms with Gasteiger partial charge >= 0.3 is 5.97 Å². The van der Waals surface area contributed by atoms with Crippen LogP contribution in [0.3, 0.4) is 0 Å². The molecule has 7 nitrogen and oxygen atoms in total. The number of piperidine rings is 1. The number of nitrogens with one attached hydrogen (secondary N) is 1. The average molecular weight is 313 g/mol. The highest BCUT2D eigenvalue weighted by atomic mass is 32.2. The number of aliphatic carboxylic acids is 1. The summed E-state index contributed by atoms with van der Waals surface area (Å²) in [5.74, 6) is -0.782. The van der Waals surface area contributed by atoms with Crippen LogP contribution in [0, 0.1) is 5.92 Å². The van der Waals surface area contributed by atoms with Crippen LogP contribution in [0.4, 0.5) is 0 Å². The average Bonchev–Trinajstić information content (AvgIpc) is 2.48. The van der Waals surface area contributed by atoms with Crippen LogP contribution in [0.1, 0.15) is 12.8 Å². The van der Waals surface area contributed by atoms with Gasteiger partial charge in [0, 0.05) is 25.5 Å². The molecule has 0 bridgehead atoms. The second-order valence-corrected chi connectivity index (χ2v) is 7.02. The first kappa shape index (κ1) is 15.9. The summed E-state index contributed by atoms with van der Waals surface area (Å²) in [6.45, 7) is 1.30. The first-order chi connectivity index (χ1) is 10.00. The topological polar surface area (TPSA) is 99.6 Å². The molecule has 0 saturated carbocycles. The smallest absolute Gasteiger partial charge is 0.317 e. The lowest BCUT2D eigenvalue weighted by atomic mass is 10.00. The molecule has 8 heteroatoms. The minimum atomic E-state index is -3.51. The first-order valence-corrected chi connectivity index (χ1v) is 8.27. The minimum Gasteiger partial charge on any atom is -0.480 e. The SMILES string of the molecule is O=C(O)CNCC1CCCN(S(=O)(=O)c2cccnc2)C1. The Bertz CT molecular complexity index is 576. The lowest BCUT2D eigenvalue weighted by Gasteiger charge is -2.31. The van der Waals surface area contributed by atoms with Crippen molar-refractivity contribution in [3.8, 4) is 0 Å². The van der Waals surface area contributed by atoms with Gasteiger partial charge in [-0.1, -0.05) is 0 Å². The zero-order valence-electron chi connectivity index (χ0n) is 11.6. The Kier molecular flexibility index (Phi) is 5.27. The van der Waals surface area contributed by atoms with Gasteiger partial charge in [0.15, 0.2) is 0 Å². The third kappa shape index (κ3) is 4.23. The molecule has 2 heterocycles. The van der Waals surface area contributed by atoms with Gasteiger partial charge in [-0.3, -0.25) is 9.78 Å². The van der Waals surface area contributed by atoms with Gasteiger partial charge in [-0.25, -0.2) is 8.42 Å². The van der Waals surface area contributed by atoms with E-state index in [9.17, 15) is 13.2 Å². The van der Waals surface area contributed by atoms with E-state index in [0.29, 0.717) is 19.6 Å². The number of carbonyl (C=O) groups is 1. The summed E-state index contributed by atoms with van der Waals surface area (Å²) in [4.78, 5) is 14.5. The van der Waals surface area contributed by atoms with E-state index < -0.39 is 16.0 Å². The molecular weight excluding hydrogens is 294 g/mol. The summed E-state index contributed by atoms with van der Waals surface area (Å²) in [5, 5.41) is 11.4. The summed E-state index contributed by atoms with van der Waals surface area (Å²) in [6.07, 6.45) is 4.56. The van der Waals surface area contributed by atoms with E-state index >= 15 is 0 Å². The number of pyridine rings is 1. The van der Waals surface area contributed by atoms with E-state index in [0.717, 1.165) is 12.8 Å². The minimum absolute atomic E-state index is 0.105. The van der Waals surface area contributed by atoms with Crippen molar-refractivity contribution in [3.63, 3.8) is 0 Å². The Hall–Kier alpha value is -1.51. The van der Waals surface area contributed by atoms with Crippen molar-refractivity contribution in [2.24, 2.45) is 5.92 Å². The fourth-order valence-electron chi connectivity index (χ4n) is 2.44. The number of nitrogens with zero attached hydrogens (tertiary/aromatic N) is 2. The second kappa shape index (κ2) is 6.97. The summed E-state index contributed by atoms with van der Waals surface area (Å²) < 4.78 is 26.4. The van der Waals surface area contributed by atoms with Crippen LogP contribution in [0.25, 0.3) is 0 Å². The molecule has 1 aliphatic rings. The van der Waals surface area contributed by atoms with E-state index in [4.69, 9.17) is 5.11 Å². The first-order valence-electron chi connectivity index (χ1n) is 6.83. The Balaban J connectivity index is 1.99.